The SMILES string of the molecule is C=CCN1C(=O)c2ccc(Nc3cc(N[C@H](CO)c4ccccc4)c(C(=O)O)cn3)nc2C1(C)C. The van der Waals surface area contributed by atoms with Crippen LogP contribution < -0.4 is 10.6 Å². The molecule has 2 aromatic heterocycles. The summed E-state index contributed by atoms with van der Waals surface area (Å²) in [4.78, 5) is 35.2. The third kappa shape index (κ3) is 4.58. The predicted octanol–water partition coefficient (Wildman–Crippen LogP) is 3.94. The highest BCUT2D eigenvalue weighted by atomic mass is 16.4. The molecule has 4 N–H and O–H groups in total. The molecule has 35 heavy (non-hydrogen) atoms. The van der Waals surface area contributed by atoms with Gasteiger partial charge >= 0.3 is 5.97 Å². The zero-order valence-electron chi connectivity index (χ0n) is 19.5. The van der Waals surface area contributed by atoms with Gasteiger partial charge in [-0.15, -0.1) is 6.58 Å². The van der Waals surface area contributed by atoms with E-state index >= 15 is 0 Å². The zero-order valence-corrected chi connectivity index (χ0v) is 19.5. The molecule has 1 aliphatic heterocycles. The normalized spacial score (nSPS) is 14.8. The van der Waals surface area contributed by atoms with Crippen LogP contribution in [0.25, 0.3) is 0 Å². The molecule has 1 aliphatic rings. The van der Waals surface area contributed by atoms with Crippen molar-refractivity contribution in [1.29, 1.82) is 0 Å². The molecule has 3 aromatic rings. The Hall–Kier alpha value is -4.24. The van der Waals surface area contributed by atoms with Crippen LogP contribution in [-0.2, 0) is 5.54 Å². The van der Waals surface area contributed by atoms with E-state index in [1.54, 1.807) is 29.2 Å². The van der Waals surface area contributed by atoms with E-state index in [1.807, 2.05) is 44.2 Å². The number of benzene rings is 1. The number of carboxylic acids is 1. The Morgan fingerprint density at radius 2 is 1.94 bits per heavy atom. The number of hydrogen-bond acceptors (Lipinski definition) is 7. The van der Waals surface area contributed by atoms with E-state index in [4.69, 9.17) is 0 Å². The maximum Gasteiger partial charge on any atom is 0.339 e. The van der Waals surface area contributed by atoms with Gasteiger partial charge in [-0.3, -0.25) is 4.79 Å². The topological polar surface area (TPSA) is 128 Å². The van der Waals surface area contributed by atoms with Crippen molar-refractivity contribution in [1.82, 2.24) is 14.9 Å². The van der Waals surface area contributed by atoms with Gasteiger partial charge in [-0.25, -0.2) is 14.8 Å². The number of hydrogen-bond donors (Lipinski definition) is 4. The number of aromatic carboxylic acids is 1. The number of rotatable bonds is 9. The van der Waals surface area contributed by atoms with Gasteiger partial charge in [0.25, 0.3) is 5.91 Å². The second kappa shape index (κ2) is 9.55. The van der Waals surface area contributed by atoms with Crippen LogP contribution in [-0.4, -0.2) is 50.1 Å². The Morgan fingerprint density at radius 3 is 2.60 bits per heavy atom. The van der Waals surface area contributed by atoms with Crippen LogP contribution >= 0.6 is 0 Å². The Bertz CT molecular complexity index is 1280. The van der Waals surface area contributed by atoms with Crippen molar-refractivity contribution in [3.8, 4) is 0 Å². The number of aliphatic hydroxyl groups excluding tert-OH is 1. The molecular formula is C26H27N5O4. The van der Waals surface area contributed by atoms with Gasteiger partial charge in [0, 0.05) is 18.8 Å². The van der Waals surface area contributed by atoms with Crippen molar-refractivity contribution in [2.24, 2.45) is 0 Å². The predicted molar refractivity (Wildman–Crippen MR) is 133 cm³/mol. The Labute approximate surface area is 203 Å². The molecule has 0 unspecified atom stereocenters. The van der Waals surface area contributed by atoms with Gasteiger partial charge in [0.1, 0.15) is 17.2 Å². The molecule has 4 rings (SSSR count). The minimum atomic E-state index is -1.14. The minimum absolute atomic E-state index is 0.0290. The molecule has 0 saturated carbocycles. The highest BCUT2D eigenvalue weighted by molar-refractivity contribution is 5.99. The van der Waals surface area contributed by atoms with Crippen molar-refractivity contribution >= 4 is 29.2 Å². The van der Waals surface area contributed by atoms with Gasteiger partial charge < -0.3 is 25.7 Å². The summed E-state index contributed by atoms with van der Waals surface area (Å²) < 4.78 is 0. The van der Waals surface area contributed by atoms with Gasteiger partial charge in [-0.1, -0.05) is 36.4 Å². The van der Waals surface area contributed by atoms with Crippen molar-refractivity contribution in [3.63, 3.8) is 0 Å². The standard InChI is InChI=1S/C26H27N5O4/c1-4-12-31-24(33)17-10-11-21(30-23(17)26(31,2)3)29-22-13-19(18(14-27-22)25(34)35)28-20(15-32)16-8-6-5-7-9-16/h4-11,13-14,20,32H,1,12,15H2,2-3H3,(H,34,35)(H2,27,28,29,30)/t20-/m1/s1. The summed E-state index contributed by atoms with van der Waals surface area (Å²) in [7, 11) is 0. The quantitative estimate of drug-likeness (QED) is 0.344. The number of amides is 1. The van der Waals surface area contributed by atoms with Gasteiger partial charge in [-0.2, -0.15) is 0 Å². The second-order valence-electron chi connectivity index (χ2n) is 8.69. The Kier molecular flexibility index (Phi) is 6.52. The van der Waals surface area contributed by atoms with Crippen molar-refractivity contribution in [3.05, 3.63) is 89.8 Å². The average molecular weight is 474 g/mol. The van der Waals surface area contributed by atoms with Crippen LogP contribution in [0.5, 0.6) is 0 Å². The van der Waals surface area contributed by atoms with Crippen molar-refractivity contribution in [2.45, 2.75) is 25.4 Å². The van der Waals surface area contributed by atoms with E-state index in [0.717, 1.165) is 5.56 Å². The largest absolute Gasteiger partial charge is 0.478 e. The summed E-state index contributed by atoms with van der Waals surface area (Å²) in [6.45, 7) is 7.77. The number of anilines is 3. The Balaban J connectivity index is 1.64. The third-order valence-electron chi connectivity index (χ3n) is 6.04. The lowest BCUT2D eigenvalue weighted by molar-refractivity contribution is 0.0647. The fourth-order valence-corrected chi connectivity index (χ4v) is 4.19. The van der Waals surface area contributed by atoms with E-state index in [-0.39, 0.29) is 18.1 Å². The van der Waals surface area contributed by atoms with Gasteiger partial charge in [0.05, 0.1) is 35.1 Å². The number of carbonyl (C=O) groups is 2. The lowest BCUT2D eigenvalue weighted by Gasteiger charge is -2.30. The summed E-state index contributed by atoms with van der Waals surface area (Å²) >= 11 is 0. The summed E-state index contributed by atoms with van der Waals surface area (Å²) in [6.07, 6.45) is 2.93. The number of pyridine rings is 2. The third-order valence-corrected chi connectivity index (χ3v) is 6.04. The molecule has 0 saturated heterocycles. The highest BCUT2D eigenvalue weighted by Crippen LogP contribution is 2.38. The van der Waals surface area contributed by atoms with Crippen LogP contribution in [0.15, 0.2) is 67.4 Å². The molecule has 9 nitrogen and oxygen atoms in total. The first kappa shape index (κ1) is 23.9. The number of nitrogens with one attached hydrogen (secondary N) is 2. The number of aliphatic hydroxyl groups is 1. The first-order chi connectivity index (χ1) is 16.8. The number of nitrogens with zero attached hydrogens (tertiary/aromatic N) is 3. The van der Waals surface area contributed by atoms with E-state index in [2.05, 4.69) is 27.2 Å². The molecule has 0 bridgehead atoms. The van der Waals surface area contributed by atoms with E-state index < -0.39 is 17.6 Å². The smallest absolute Gasteiger partial charge is 0.339 e. The lowest BCUT2D eigenvalue weighted by atomic mass is 9.99. The molecule has 0 fully saturated rings. The molecule has 9 heteroatoms. The lowest BCUT2D eigenvalue weighted by Crippen LogP contribution is -2.39. The summed E-state index contributed by atoms with van der Waals surface area (Å²) in [5.41, 5.74) is 1.64. The van der Waals surface area contributed by atoms with Crippen LogP contribution in [0.2, 0.25) is 0 Å². The maximum atomic E-state index is 12.8. The van der Waals surface area contributed by atoms with E-state index in [9.17, 15) is 19.8 Å². The molecule has 1 atom stereocenters. The van der Waals surface area contributed by atoms with Crippen LogP contribution in [0.1, 0.15) is 51.9 Å². The molecule has 0 radical (unpaired) electrons. The van der Waals surface area contributed by atoms with E-state index in [1.165, 1.54) is 6.20 Å². The molecule has 1 amide bonds. The second-order valence-corrected chi connectivity index (χ2v) is 8.69. The number of fused-ring (bicyclic) bond motifs is 1. The minimum Gasteiger partial charge on any atom is -0.478 e. The monoisotopic (exact) mass is 473 g/mol. The van der Waals surface area contributed by atoms with Gasteiger partial charge in [-0.05, 0) is 31.5 Å². The molecular weight excluding hydrogens is 446 g/mol. The van der Waals surface area contributed by atoms with Crippen molar-refractivity contribution in [2.75, 3.05) is 23.8 Å². The van der Waals surface area contributed by atoms with Gasteiger partial charge in [0.2, 0.25) is 0 Å². The highest BCUT2D eigenvalue weighted by Gasteiger charge is 2.43. The Morgan fingerprint density at radius 1 is 1.20 bits per heavy atom. The van der Waals surface area contributed by atoms with Crippen LogP contribution in [0, 0.1) is 0 Å². The average Bonchev–Trinajstić information content (AvgIpc) is 3.03. The molecule has 180 valence electrons. The maximum absolute atomic E-state index is 12.8. The summed E-state index contributed by atoms with van der Waals surface area (Å²) in [5, 5.41) is 25.8. The van der Waals surface area contributed by atoms with Gasteiger partial charge in [0.15, 0.2) is 0 Å². The first-order valence-electron chi connectivity index (χ1n) is 11.1. The van der Waals surface area contributed by atoms with E-state index in [0.29, 0.717) is 35.1 Å². The molecule has 1 aromatic carbocycles. The first-order valence-corrected chi connectivity index (χ1v) is 11.1. The van der Waals surface area contributed by atoms with Crippen LogP contribution in [0.4, 0.5) is 17.3 Å². The van der Waals surface area contributed by atoms with Crippen molar-refractivity contribution < 1.29 is 19.8 Å². The molecule has 0 aliphatic carbocycles. The van der Waals surface area contributed by atoms with Crippen LogP contribution in [0.3, 0.4) is 0 Å². The fraction of sp³-hybridized carbons (Fsp3) is 0.231. The number of carboxylic acid groups (broad SMARTS) is 1. The number of aromatic nitrogens is 2. The fourth-order valence-electron chi connectivity index (χ4n) is 4.19. The number of carbonyl (C=O) groups excluding carboxylic acids is 1. The molecule has 3 heterocycles. The summed E-state index contributed by atoms with van der Waals surface area (Å²) in [6, 6.07) is 13.7. The summed E-state index contributed by atoms with van der Waals surface area (Å²) in [5.74, 6) is -0.419. The zero-order chi connectivity index (χ0) is 25.2. The molecule has 0 spiro atoms.